The van der Waals surface area contributed by atoms with E-state index in [1.54, 1.807) is 0 Å². The number of fused-ring (bicyclic) bond motifs is 3. The van der Waals surface area contributed by atoms with Crippen LogP contribution in [0.25, 0.3) is 77.7 Å². The standard InChI is InChI=1S/C41H27N3/c1-3-12-28(13-4-1)39-26-40(29-14-5-2-6-15-29)44-41(43-39)34-23-32(31-17-11-21-42-27-31)22-33(24-34)38-25-30-16-7-8-18-35(30)36-19-9-10-20-37(36)38/h1-27H. The zero-order chi connectivity index (χ0) is 29.3. The smallest absolute Gasteiger partial charge is 0.160 e. The Kier molecular flexibility index (Phi) is 6.47. The van der Waals surface area contributed by atoms with Crippen molar-refractivity contribution in [3.05, 3.63) is 164 Å². The minimum Gasteiger partial charge on any atom is -0.264 e. The fourth-order valence-electron chi connectivity index (χ4n) is 6.00. The minimum atomic E-state index is 0.683. The van der Waals surface area contributed by atoms with Gasteiger partial charge in [0.15, 0.2) is 5.82 Å². The summed E-state index contributed by atoms with van der Waals surface area (Å²) in [6.45, 7) is 0. The van der Waals surface area contributed by atoms with Gasteiger partial charge in [-0.3, -0.25) is 4.98 Å². The van der Waals surface area contributed by atoms with Gasteiger partial charge in [0.05, 0.1) is 11.4 Å². The van der Waals surface area contributed by atoms with Gasteiger partial charge in [0, 0.05) is 34.6 Å². The molecule has 0 N–H and O–H groups in total. The predicted octanol–water partition coefficient (Wildman–Crippen LogP) is 10.5. The van der Waals surface area contributed by atoms with Gasteiger partial charge >= 0.3 is 0 Å². The Morgan fingerprint density at radius 3 is 1.61 bits per heavy atom. The van der Waals surface area contributed by atoms with Crippen LogP contribution in [0.1, 0.15) is 0 Å². The molecule has 8 rings (SSSR count). The molecule has 8 aromatic rings. The molecule has 0 radical (unpaired) electrons. The molecule has 0 aliphatic heterocycles. The van der Waals surface area contributed by atoms with E-state index in [0.29, 0.717) is 5.82 Å². The summed E-state index contributed by atoms with van der Waals surface area (Å²) in [6, 6.07) is 53.0. The molecule has 0 unspecified atom stereocenters. The summed E-state index contributed by atoms with van der Waals surface area (Å²) in [5, 5.41) is 4.91. The molecule has 0 atom stereocenters. The number of hydrogen-bond donors (Lipinski definition) is 0. The average molecular weight is 562 g/mol. The first-order chi connectivity index (χ1) is 21.8. The summed E-state index contributed by atoms with van der Waals surface area (Å²) in [5.74, 6) is 0.683. The largest absolute Gasteiger partial charge is 0.264 e. The highest BCUT2D eigenvalue weighted by atomic mass is 14.9. The van der Waals surface area contributed by atoms with E-state index in [2.05, 4.69) is 114 Å². The van der Waals surface area contributed by atoms with E-state index in [4.69, 9.17) is 9.97 Å². The van der Waals surface area contributed by atoms with Gasteiger partial charge in [-0.05, 0) is 74.6 Å². The normalized spacial score (nSPS) is 11.2. The Bertz CT molecular complexity index is 2200. The fourth-order valence-corrected chi connectivity index (χ4v) is 6.00. The van der Waals surface area contributed by atoms with Gasteiger partial charge in [0.2, 0.25) is 0 Å². The van der Waals surface area contributed by atoms with E-state index in [-0.39, 0.29) is 0 Å². The van der Waals surface area contributed by atoms with Crippen LogP contribution in [-0.2, 0) is 0 Å². The summed E-state index contributed by atoms with van der Waals surface area (Å²) < 4.78 is 0. The topological polar surface area (TPSA) is 38.7 Å². The third-order valence-corrected chi connectivity index (χ3v) is 8.13. The van der Waals surface area contributed by atoms with Crippen LogP contribution < -0.4 is 0 Å². The molecule has 0 amide bonds. The lowest BCUT2D eigenvalue weighted by atomic mass is 9.90. The molecule has 2 aromatic heterocycles. The van der Waals surface area contributed by atoms with Crippen molar-refractivity contribution in [2.45, 2.75) is 0 Å². The fraction of sp³-hybridized carbons (Fsp3) is 0. The molecule has 3 nitrogen and oxygen atoms in total. The first-order valence-electron chi connectivity index (χ1n) is 14.8. The molecule has 0 saturated carbocycles. The molecule has 44 heavy (non-hydrogen) atoms. The summed E-state index contributed by atoms with van der Waals surface area (Å²) in [4.78, 5) is 14.7. The van der Waals surface area contributed by atoms with Crippen LogP contribution in [0.2, 0.25) is 0 Å². The number of benzene rings is 6. The van der Waals surface area contributed by atoms with Gasteiger partial charge in [0.1, 0.15) is 0 Å². The molecule has 0 aliphatic rings. The van der Waals surface area contributed by atoms with Crippen LogP contribution in [-0.4, -0.2) is 15.0 Å². The third kappa shape index (κ3) is 4.81. The minimum absolute atomic E-state index is 0.683. The summed E-state index contributed by atoms with van der Waals surface area (Å²) in [7, 11) is 0. The Balaban J connectivity index is 1.41. The Morgan fingerprint density at radius 1 is 0.364 bits per heavy atom. The number of nitrogens with zero attached hydrogens (tertiary/aromatic N) is 3. The lowest BCUT2D eigenvalue weighted by Crippen LogP contribution is -1.97. The lowest BCUT2D eigenvalue weighted by molar-refractivity contribution is 1.18. The number of rotatable bonds is 5. The van der Waals surface area contributed by atoms with Gasteiger partial charge in [-0.2, -0.15) is 0 Å². The highest BCUT2D eigenvalue weighted by Gasteiger charge is 2.15. The molecule has 6 aromatic carbocycles. The zero-order valence-corrected chi connectivity index (χ0v) is 23.9. The Morgan fingerprint density at radius 2 is 0.932 bits per heavy atom. The maximum absolute atomic E-state index is 5.15. The molecule has 3 heteroatoms. The van der Waals surface area contributed by atoms with E-state index >= 15 is 0 Å². The quantitative estimate of drug-likeness (QED) is 0.196. The molecular weight excluding hydrogens is 534 g/mol. The second-order valence-electron chi connectivity index (χ2n) is 10.9. The molecule has 0 saturated heterocycles. The van der Waals surface area contributed by atoms with E-state index in [0.717, 1.165) is 44.8 Å². The first kappa shape index (κ1) is 25.8. The molecule has 0 fully saturated rings. The van der Waals surface area contributed by atoms with Gasteiger partial charge in [0.25, 0.3) is 0 Å². The second-order valence-corrected chi connectivity index (χ2v) is 10.9. The number of aromatic nitrogens is 3. The third-order valence-electron chi connectivity index (χ3n) is 8.13. The van der Waals surface area contributed by atoms with E-state index in [1.807, 2.05) is 54.9 Å². The Hall–Kier alpha value is -5.93. The van der Waals surface area contributed by atoms with Crippen molar-refractivity contribution in [2.75, 3.05) is 0 Å². The van der Waals surface area contributed by atoms with Crippen molar-refractivity contribution >= 4 is 21.5 Å². The average Bonchev–Trinajstić information content (AvgIpc) is 3.12. The van der Waals surface area contributed by atoms with E-state index < -0.39 is 0 Å². The number of hydrogen-bond acceptors (Lipinski definition) is 3. The molecule has 0 spiro atoms. The van der Waals surface area contributed by atoms with E-state index in [9.17, 15) is 0 Å². The molecular formula is C41H27N3. The van der Waals surface area contributed by atoms with Gasteiger partial charge in [-0.25, -0.2) is 9.97 Å². The van der Waals surface area contributed by atoms with Crippen LogP contribution >= 0.6 is 0 Å². The van der Waals surface area contributed by atoms with Crippen molar-refractivity contribution in [3.63, 3.8) is 0 Å². The van der Waals surface area contributed by atoms with Crippen LogP contribution in [0.3, 0.4) is 0 Å². The SMILES string of the molecule is c1ccc(-c2cc(-c3ccccc3)nc(-c3cc(-c4cccnc4)cc(-c4cc5ccccc5c5ccccc45)c3)n2)cc1. The molecule has 2 heterocycles. The van der Waals surface area contributed by atoms with Crippen molar-refractivity contribution in [3.8, 4) is 56.2 Å². The van der Waals surface area contributed by atoms with Crippen LogP contribution in [0.15, 0.2) is 164 Å². The maximum Gasteiger partial charge on any atom is 0.160 e. The van der Waals surface area contributed by atoms with Crippen LogP contribution in [0.4, 0.5) is 0 Å². The van der Waals surface area contributed by atoms with Crippen molar-refractivity contribution in [1.29, 1.82) is 0 Å². The predicted molar refractivity (Wildman–Crippen MR) is 182 cm³/mol. The van der Waals surface area contributed by atoms with Gasteiger partial charge in [-0.15, -0.1) is 0 Å². The summed E-state index contributed by atoms with van der Waals surface area (Å²) in [6.07, 6.45) is 3.72. The number of pyridine rings is 1. The highest BCUT2D eigenvalue weighted by molar-refractivity contribution is 6.14. The van der Waals surface area contributed by atoms with Crippen molar-refractivity contribution in [1.82, 2.24) is 15.0 Å². The molecule has 206 valence electrons. The Labute approximate surface area is 256 Å². The van der Waals surface area contributed by atoms with Crippen molar-refractivity contribution in [2.24, 2.45) is 0 Å². The molecule has 0 bridgehead atoms. The van der Waals surface area contributed by atoms with Gasteiger partial charge in [-0.1, -0.05) is 115 Å². The van der Waals surface area contributed by atoms with Gasteiger partial charge < -0.3 is 0 Å². The van der Waals surface area contributed by atoms with E-state index in [1.165, 1.54) is 27.1 Å². The van der Waals surface area contributed by atoms with Crippen LogP contribution in [0, 0.1) is 0 Å². The highest BCUT2D eigenvalue weighted by Crippen LogP contribution is 2.39. The monoisotopic (exact) mass is 561 g/mol. The lowest BCUT2D eigenvalue weighted by Gasteiger charge is -2.15. The van der Waals surface area contributed by atoms with Crippen molar-refractivity contribution < 1.29 is 0 Å². The maximum atomic E-state index is 5.15. The van der Waals surface area contributed by atoms with Crippen LogP contribution in [0.5, 0.6) is 0 Å². The first-order valence-corrected chi connectivity index (χ1v) is 14.8. The zero-order valence-electron chi connectivity index (χ0n) is 23.9. The molecule has 0 aliphatic carbocycles. The second kappa shape index (κ2) is 11.0. The summed E-state index contributed by atoms with van der Waals surface area (Å²) in [5.41, 5.74) is 9.23. The summed E-state index contributed by atoms with van der Waals surface area (Å²) >= 11 is 0.